The van der Waals surface area contributed by atoms with Crippen LogP contribution in [0.2, 0.25) is 0 Å². The molecule has 0 saturated heterocycles. The van der Waals surface area contributed by atoms with Gasteiger partial charge >= 0.3 is 5.97 Å². The molecule has 2 nitrogen and oxygen atoms in total. The normalized spacial score (nSPS) is 35.9. The van der Waals surface area contributed by atoms with E-state index in [4.69, 9.17) is 4.74 Å². The molecule has 0 atom stereocenters. The molecule has 3 aliphatic rings. The maximum atomic E-state index is 11.5. The molecule has 0 heterocycles. The smallest absolute Gasteiger partial charge is 0.305 e. The maximum Gasteiger partial charge on any atom is 0.305 e. The number of ether oxygens (including phenoxy) is 1. The van der Waals surface area contributed by atoms with E-state index >= 15 is 0 Å². The highest BCUT2D eigenvalue weighted by Crippen LogP contribution is 2.46. The number of esters is 1. The van der Waals surface area contributed by atoms with Crippen LogP contribution in [-0.2, 0) is 9.53 Å². The molecule has 0 aromatic rings. The molecule has 3 rings (SSSR count). The maximum absolute atomic E-state index is 11.5. The van der Waals surface area contributed by atoms with Crippen LogP contribution in [0.4, 0.5) is 0 Å². The lowest BCUT2D eigenvalue weighted by atomic mass is 9.65. The Morgan fingerprint density at radius 1 is 0.655 bits per heavy atom. The second-order valence-corrected chi connectivity index (χ2v) is 10.7. The van der Waals surface area contributed by atoms with Gasteiger partial charge in [0.15, 0.2) is 0 Å². The van der Waals surface area contributed by atoms with Crippen molar-refractivity contribution in [3.8, 4) is 0 Å². The summed E-state index contributed by atoms with van der Waals surface area (Å²) < 4.78 is 5.58. The number of carbonyl (C=O) groups excluding carboxylic acids is 1. The SMILES string of the molecule is CCCCCCC1CCC(C2CCC(C3CCC(OC(=O)CC)CC3)CC2)CC1. The molecule has 3 aliphatic carbocycles. The van der Waals surface area contributed by atoms with Gasteiger partial charge in [0.1, 0.15) is 6.10 Å². The Hall–Kier alpha value is -0.530. The summed E-state index contributed by atoms with van der Waals surface area (Å²) in [7, 11) is 0. The van der Waals surface area contributed by atoms with Gasteiger partial charge in [-0.25, -0.2) is 0 Å². The van der Waals surface area contributed by atoms with E-state index in [1.807, 2.05) is 6.92 Å². The quantitative estimate of drug-likeness (QED) is 0.287. The molecule has 0 aliphatic heterocycles. The van der Waals surface area contributed by atoms with E-state index in [2.05, 4.69) is 6.92 Å². The molecule has 0 amide bonds. The molecular weight excluding hydrogens is 356 g/mol. The molecule has 0 radical (unpaired) electrons. The first-order valence-corrected chi connectivity index (χ1v) is 13.4. The fraction of sp³-hybridized carbons (Fsp3) is 0.963. The third-order valence-corrected chi connectivity index (χ3v) is 8.81. The van der Waals surface area contributed by atoms with Gasteiger partial charge in [0.2, 0.25) is 0 Å². The summed E-state index contributed by atoms with van der Waals surface area (Å²) in [5, 5.41) is 0. The Morgan fingerprint density at radius 3 is 1.62 bits per heavy atom. The Labute approximate surface area is 180 Å². The summed E-state index contributed by atoms with van der Waals surface area (Å²) in [6.07, 6.45) is 24.9. The molecule has 0 bridgehead atoms. The fourth-order valence-corrected chi connectivity index (χ4v) is 6.84. The minimum Gasteiger partial charge on any atom is -0.462 e. The molecule has 3 saturated carbocycles. The second kappa shape index (κ2) is 12.4. The van der Waals surface area contributed by atoms with Crippen LogP contribution in [0.15, 0.2) is 0 Å². The average molecular weight is 405 g/mol. The van der Waals surface area contributed by atoms with Gasteiger partial charge in [0.05, 0.1) is 0 Å². The zero-order valence-corrected chi connectivity index (χ0v) is 19.5. The standard InChI is InChI=1S/C27H48O2/c1-3-5-6-7-8-21-9-11-22(12-10-21)23-13-15-24(16-14-23)25-17-19-26(20-18-25)29-27(28)4-2/h21-26H,3-20H2,1-2H3. The van der Waals surface area contributed by atoms with Gasteiger partial charge in [-0.05, 0) is 93.8 Å². The average Bonchev–Trinajstić information content (AvgIpc) is 2.78. The van der Waals surface area contributed by atoms with E-state index in [1.54, 1.807) is 0 Å². The molecule has 0 spiro atoms. The van der Waals surface area contributed by atoms with E-state index in [0.717, 1.165) is 42.4 Å². The second-order valence-electron chi connectivity index (χ2n) is 10.7. The van der Waals surface area contributed by atoms with Crippen LogP contribution in [0.25, 0.3) is 0 Å². The van der Waals surface area contributed by atoms with Gasteiger partial charge in [0, 0.05) is 6.42 Å². The molecule has 2 heteroatoms. The van der Waals surface area contributed by atoms with Crippen LogP contribution in [0.3, 0.4) is 0 Å². The van der Waals surface area contributed by atoms with Crippen molar-refractivity contribution in [3.63, 3.8) is 0 Å². The lowest BCUT2D eigenvalue weighted by molar-refractivity contribution is -0.150. The van der Waals surface area contributed by atoms with E-state index in [-0.39, 0.29) is 12.1 Å². The summed E-state index contributed by atoms with van der Waals surface area (Å²) in [6.45, 7) is 4.21. The van der Waals surface area contributed by atoms with Crippen molar-refractivity contribution < 1.29 is 9.53 Å². The first-order valence-electron chi connectivity index (χ1n) is 13.4. The van der Waals surface area contributed by atoms with Crippen molar-refractivity contribution in [2.24, 2.45) is 29.6 Å². The van der Waals surface area contributed by atoms with E-state index in [9.17, 15) is 4.79 Å². The molecule has 0 N–H and O–H groups in total. The van der Waals surface area contributed by atoms with Crippen molar-refractivity contribution >= 4 is 5.97 Å². The zero-order chi connectivity index (χ0) is 20.5. The summed E-state index contributed by atoms with van der Waals surface area (Å²) >= 11 is 0. The molecule has 29 heavy (non-hydrogen) atoms. The predicted octanol–water partition coefficient (Wildman–Crippen LogP) is 8.08. The highest BCUT2D eigenvalue weighted by atomic mass is 16.5. The van der Waals surface area contributed by atoms with Crippen LogP contribution in [-0.4, -0.2) is 12.1 Å². The van der Waals surface area contributed by atoms with Crippen LogP contribution in [0.1, 0.15) is 129 Å². The van der Waals surface area contributed by atoms with Gasteiger partial charge in [-0.2, -0.15) is 0 Å². The summed E-state index contributed by atoms with van der Waals surface area (Å²) in [6, 6.07) is 0. The third kappa shape index (κ3) is 7.28. The van der Waals surface area contributed by atoms with Crippen LogP contribution >= 0.6 is 0 Å². The Morgan fingerprint density at radius 2 is 1.14 bits per heavy atom. The first kappa shape index (κ1) is 23.1. The highest BCUT2D eigenvalue weighted by Gasteiger charge is 2.35. The highest BCUT2D eigenvalue weighted by molar-refractivity contribution is 5.69. The summed E-state index contributed by atoms with van der Waals surface area (Å²) in [5.74, 6) is 5.00. The van der Waals surface area contributed by atoms with E-state index in [0.29, 0.717) is 6.42 Å². The Kier molecular flexibility index (Phi) is 9.86. The van der Waals surface area contributed by atoms with Crippen molar-refractivity contribution in [3.05, 3.63) is 0 Å². The van der Waals surface area contributed by atoms with Gasteiger partial charge in [-0.15, -0.1) is 0 Å². The monoisotopic (exact) mass is 404 g/mol. The predicted molar refractivity (Wildman–Crippen MR) is 122 cm³/mol. The molecular formula is C27H48O2. The number of rotatable bonds is 9. The molecule has 0 aromatic heterocycles. The number of hydrogen-bond donors (Lipinski definition) is 0. The van der Waals surface area contributed by atoms with Crippen molar-refractivity contribution in [1.82, 2.24) is 0 Å². The van der Waals surface area contributed by atoms with Gasteiger partial charge < -0.3 is 4.74 Å². The van der Waals surface area contributed by atoms with E-state index < -0.39 is 0 Å². The van der Waals surface area contributed by atoms with Gasteiger partial charge in [-0.1, -0.05) is 58.8 Å². The molecule has 0 aromatic carbocycles. The Bertz CT molecular complexity index is 449. The minimum atomic E-state index is -0.00959. The zero-order valence-electron chi connectivity index (χ0n) is 19.5. The number of carbonyl (C=O) groups is 1. The number of unbranched alkanes of at least 4 members (excludes halogenated alkanes) is 3. The van der Waals surface area contributed by atoms with Crippen LogP contribution in [0, 0.1) is 29.6 Å². The largest absolute Gasteiger partial charge is 0.462 e. The topological polar surface area (TPSA) is 26.3 Å². The third-order valence-electron chi connectivity index (χ3n) is 8.81. The van der Waals surface area contributed by atoms with Crippen LogP contribution in [0.5, 0.6) is 0 Å². The van der Waals surface area contributed by atoms with Crippen molar-refractivity contribution in [1.29, 1.82) is 0 Å². The molecule has 168 valence electrons. The van der Waals surface area contributed by atoms with Crippen LogP contribution < -0.4 is 0 Å². The number of hydrogen-bond acceptors (Lipinski definition) is 2. The lowest BCUT2D eigenvalue weighted by Gasteiger charge is -2.41. The molecule has 3 fully saturated rings. The minimum absolute atomic E-state index is 0.00959. The van der Waals surface area contributed by atoms with Gasteiger partial charge in [0.25, 0.3) is 0 Å². The lowest BCUT2D eigenvalue weighted by Crippen LogP contribution is -2.31. The van der Waals surface area contributed by atoms with Crippen molar-refractivity contribution in [2.75, 3.05) is 0 Å². The van der Waals surface area contributed by atoms with Crippen molar-refractivity contribution in [2.45, 2.75) is 136 Å². The summed E-state index contributed by atoms with van der Waals surface area (Å²) in [5.41, 5.74) is 0. The first-order chi connectivity index (χ1) is 14.2. The molecule has 0 unspecified atom stereocenters. The van der Waals surface area contributed by atoms with Gasteiger partial charge in [-0.3, -0.25) is 4.79 Å². The summed E-state index contributed by atoms with van der Waals surface area (Å²) in [4.78, 5) is 11.5. The fourth-order valence-electron chi connectivity index (χ4n) is 6.84. The van der Waals surface area contributed by atoms with E-state index in [1.165, 1.54) is 96.3 Å². The Balaban J connectivity index is 1.30.